The van der Waals surface area contributed by atoms with E-state index >= 15 is 0 Å². The summed E-state index contributed by atoms with van der Waals surface area (Å²) in [4.78, 5) is 7.61. The number of sulfone groups is 2. The Hall–Kier alpha value is -3.35. The third kappa shape index (κ3) is 4.39. The molecule has 0 bridgehead atoms. The van der Waals surface area contributed by atoms with Crippen molar-refractivity contribution >= 4 is 31.7 Å². The van der Waals surface area contributed by atoms with E-state index in [1.54, 1.807) is 12.1 Å². The summed E-state index contributed by atoms with van der Waals surface area (Å²) in [5, 5.41) is 8.83. The van der Waals surface area contributed by atoms with Gasteiger partial charge in [0.05, 0.1) is 15.4 Å². The molecule has 7 nitrogen and oxygen atoms in total. The first-order valence-corrected chi connectivity index (χ1v) is 11.4. The molecule has 0 atom stereocenters. The van der Waals surface area contributed by atoms with Gasteiger partial charge in [-0.15, -0.1) is 0 Å². The highest BCUT2D eigenvalue weighted by atomic mass is 32.3. The summed E-state index contributed by atoms with van der Waals surface area (Å²) in [6.07, 6.45) is 2.12. The van der Waals surface area contributed by atoms with Gasteiger partial charge in [-0.05, 0) is 36.4 Å². The lowest BCUT2D eigenvalue weighted by molar-refractivity contribution is 0.584. The molecule has 0 amide bonds. The van der Waals surface area contributed by atoms with Gasteiger partial charge in [0.15, 0.2) is 5.82 Å². The van der Waals surface area contributed by atoms with E-state index in [2.05, 4.69) is 9.98 Å². The van der Waals surface area contributed by atoms with Crippen molar-refractivity contribution in [2.75, 3.05) is 0 Å². The van der Waals surface area contributed by atoms with Gasteiger partial charge in [0, 0.05) is 12.4 Å². The summed E-state index contributed by atoms with van der Waals surface area (Å²) in [7, 11) is -8.61. The molecule has 9 heteroatoms. The van der Waals surface area contributed by atoms with Crippen LogP contribution in [0.15, 0.2) is 93.8 Å². The topological polar surface area (TPSA) is 117 Å². The largest absolute Gasteiger partial charge is 0.239 e. The van der Waals surface area contributed by atoms with Crippen molar-refractivity contribution in [2.24, 2.45) is 4.99 Å². The van der Waals surface area contributed by atoms with Crippen LogP contribution in [-0.2, 0) is 19.7 Å². The quantitative estimate of drug-likeness (QED) is 0.561. The minimum atomic E-state index is -4.31. The van der Waals surface area contributed by atoms with Gasteiger partial charge in [-0.3, -0.25) is 0 Å². The lowest BCUT2D eigenvalue weighted by Gasteiger charge is -2.15. The zero-order valence-electron chi connectivity index (χ0n) is 15.0. The fourth-order valence-corrected chi connectivity index (χ4v) is 6.53. The van der Waals surface area contributed by atoms with Crippen LogP contribution in [0.2, 0.25) is 0 Å². The fraction of sp³-hybridized carbons (Fsp3) is 0.0500. The SMILES string of the molecule is N#Cc1ccc(N=CC(S(=O)(=O)c2ccccc2)S(=O)(=O)c2ccccc2)nc1. The van der Waals surface area contributed by atoms with Crippen LogP contribution < -0.4 is 0 Å². The molecule has 29 heavy (non-hydrogen) atoms. The predicted molar refractivity (Wildman–Crippen MR) is 108 cm³/mol. The van der Waals surface area contributed by atoms with Crippen LogP contribution in [-0.4, -0.2) is 32.6 Å². The van der Waals surface area contributed by atoms with E-state index in [9.17, 15) is 16.8 Å². The second kappa shape index (κ2) is 8.34. The molecule has 0 unspecified atom stereocenters. The molecule has 3 aromatic rings. The van der Waals surface area contributed by atoms with Crippen LogP contribution in [0.5, 0.6) is 0 Å². The van der Waals surface area contributed by atoms with Gasteiger partial charge in [-0.1, -0.05) is 36.4 Å². The van der Waals surface area contributed by atoms with Crippen molar-refractivity contribution in [1.29, 1.82) is 5.26 Å². The normalized spacial score (nSPS) is 12.1. The monoisotopic (exact) mass is 425 g/mol. The summed E-state index contributed by atoms with van der Waals surface area (Å²) < 4.78 is 50.6. The lowest BCUT2D eigenvalue weighted by atomic mass is 10.3. The van der Waals surface area contributed by atoms with E-state index in [-0.39, 0.29) is 15.6 Å². The van der Waals surface area contributed by atoms with Crippen molar-refractivity contribution in [1.82, 2.24) is 4.98 Å². The molecule has 0 aliphatic heterocycles. The molecule has 0 saturated carbocycles. The minimum Gasteiger partial charge on any atom is -0.239 e. The van der Waals surface area contributed by atoms with E-state index in [0.29, 0.717) is 5.56 Å². The molecule has 2 aromatic carbocycles. The molecule has 1 heterocycles. The molecule has 0 spiro atoms. The first kappa shape index (κ1) is 20.4. The van der Waals surface area contributed by atoms with Crippen LogP contribution in [0.3, 0.4) is 0 Å². The van der Waals surface area contributed by atoms with E-state index in [0.717, 1.165) is 6.21 Å². The Labute approximate surface area is 168 Å². The third-order valence-electron chi connectivity index (χ3n) is 3.96. The molecule has 3 rings (SSSR count). The van der Waals surface area contributed by atoms with E-state index in [1.807, 2.05) is 6.07 Å². The van der Waals surface area contributed by atoms with Crippen molar-refractivity contribution in [2.45, 2.75) is 14.4 Å². The average Bonchev–Trinajstić information content (AvgIpc) is 2.75. The van der Waals surface area contributed by atoms with Crippen molar-refractivity contribution < 1.29 is 16.8 Å². The summed E-state index contributed by atoms with van der Waals surface area (Å²) in [5.41, 5.74) is 0.300. The molecule has 0 aliphatic carbocycles. The lowest BCUT2D eigenvalue weighted by Crippen LogP contribution is -2.32. The van der Waals surface area contributed by atoms with Crippen LogP contribution in [0.4, 0.5) is 5.82 Å². The van der Waals surface area contributed by atoms with Crippen LogP contribution in [0.25, 0.3) is 0 Å². The summed E-state index contributed by atoms with van der Waals surface area (Å²) in [6.45, 7) is 0. The fourth-order valence-electron chi connectivity index (χ4n) is 2.48. The molecule has 0 fully saturated rings. The molecule has 0 aliphatic rings. The highest BCUT2D eigenvalue weighted by Crippen LogP contribution is 2.25. The van der Waals surface area contributed by atoms with E-state index < -0.39 is 24.3 Å². The number of pyridine rings is 1. The summed E-state index contributed by atoms with van der Waals surface area (Å²) in [5.74, 6) is 0.0838. The van der Waals surface area contributed by atoms with Gasteiger partial charge in [-0.2, -0.15) is 5.26 Å². The number of nitrogens with zero attached hydrogens (tertiary/aromatic N) is 3. The molecule has 146 valence electrons. The standard InChI is InChI=1S/C20H15N3O4S2/c21-13-16-11-12-19(22-14-16)23-15-20(28(24,25)17-7-3-1-4-8-17)29(26,27)18-9-5-2-6-10-18/h1-12,14-15,20H. The zero-order chi connectivity index (χ0) is 20.9. The molecule has 1 aromatic heterocycles. The Kier molecular flexibility index (Phi) is 5.87. The number of aromatic nitrogens is 1. The smallest absolute Gasteiger partial charge is 0.206 e. The number of hydrogen-bond acceptors (Lipinski definition) is 7. The Morgan fingerprint density at radius 1 is 0.828 bits per heavy atom. The van der Waals surface area contributed by atoms with Gasteiger partial charge < -0.3 is 0 Å². The van der Waals surface area contributed by atoms with E-state index in [4.69, 9.17) is 5.26 Å². The third-order valence-corrected chi connectivity index (χ3v) is 8.81. The number of hydrogen-bond donors (Lipinski definition) is 0. The number of rotatable bonds is 6. The number of nitriles is 1. The van der Waals surface area contributed by atoms with Crippen LogP contribution >= 0.6 is 0 Å². The highest BCUT2D eigenvalue weighted by molar-refractivity contribution is 8.10. The summed E-state index contributed by atoms with van der Waals surface area (Å²) >= 11 is 0. The molecule has 0 saturated heterocycles. The average molecular weight is 425 g/mol. The van der Waals surface area contributed by atoms with Gasteiger partial charge in [0.25, 0.3) is 0 Å². The predicted octanol–water partition coefficient (Wildman–Crippen LogP) is 2.93. The minimum absolute atomic E-state index is 0.0838. The highest BCUT2D eigenvalue weighted by Gasteiger charge is 2.38. The molecule has 0 radical (unpaired) electrons. The summed E-state index contributed by atoms with van der Waals surface area (Å²) in [6, 6.07) is 19.4. The van der Waals surface area contributed by atoms with Gasteiger partial charge >= 0.3 is 0 Å². The molecule has 0 N–H and O–H groups in total. The van der Waals surface area contributed by atoms with Crippen molar-refractivity contribution in [3.63, 3.8) is 0 Å². The maximum absolute atomic E-state index is 13.1. The van der Waals surface area contributed by atoms with Gasteiger partial charge in [-0.25, -0.2) is 26.8 Å². The number of benzene rings is 2. The van der Waals surface area contributed by atoms with Crippen LogP contribution in [0.1, 0.15) is 5.56 Å². The van der Waals surface area contributed by atoms with Gasteiger partial charge in [0.2, 0.25) is 24.3 Å². The Bertz CT molecular complexity index is 1200. The Morgan fingerprint density at radius 2 is 1.34 bits per heavy atom. The maximum atomic E-state index is 13.1. The van der Waals surface area contributed by atoms with Gasteiger partial charge in [0.1, 0.15) is 6.07 Å². The van der Waals surface area contributed by atoms with Crippen molar-refractivity contribution in [3.8, 4) is 6.07 Å². The zero-order valence-corrected chi connectivity index (χ0v) is 16.6. The van der Waals surface area contributed by atoms with Crippen molar-refractivity contribution in [3.05, 3.63) is 84.6 Å². The second-order valence-corrected chi connectivity index (χ2v) is 10.3. The van der Waals surface area contributed by atoms with E-state index in [1.165, 1.54) is 66.9 Å². The maximum Gasteiger partial charge on any atom is 0.206 e. The Balaban J connectivity index is 2.11. The van der Waals surface area contributed by atoms with Crippen LogP contribution in [0, 0.1) is 11.3 Å². The second-order valence-electron chi connectivity index (χ2n) is 5.88. The molecular formula is C20H15N3O4S2. The number of aliphatic imine (C=N–C) groups is 1. The Morgan fingerprint density at radius 3 is 1.76 bits per heavy atom. The first-order valence-electron chi connectivity index (χ1n) is 8.34. The molecular weight excluding hydrogens is 410 g/mol. The first-order chi connectivity index (χ1) is 13.9.